The van der Waals surface area contributed by atoms with Crippen molar-refractivity contribution in [3.8, 4) is 0 Å². The van der Waals surface area contributed by atoms with Crippen LogP contribution in [-0.2, 0) is 50.9 Å². The number of rotatable bonds is 0. The van der Waals surface area contributed by atoms with Crippen molar-refractivity contribution in [1.82, 2.24) is 0 Å². The molecular weight excluding hydrogens is 201 g/mol. The summed E-state index contributed by atoms with van der Waals surface area (Å²) in [5, 5.41) is 0. The number of hydrogen-bond acceptors (Lipinski definition) is 0. The average molecular weight is 201 g/mol. The van der Waals surface area contributed by atoms with Crippen LogP contribution >= 0.6 is 0 Å². The van der Waals surface area contributed by atoms with E-state index in [9.17, 15) is 0 Å². The van der Waals surface area contributed by atoms with Gasteiger partial charge in [-0.15, -0.1) is 0 Å². The second-order valence-electron chi connectivity index (χ2n) is 0. The summed E-state index contributed by atoms with van der Waals surface area (Å²) in [5.41, 5.74) is 0. The van der Waals surface area contributed by atoms with Crippen LogP contribution in [0.5, 0.6) is 0 Å². The quantitative estimate of drug-likeness (QED) is 0.468. The van der Waals surface area contributed by atoms with Crippen molar-refractivity contribution < 1.29 is 50.9 Å². The Bertz CT molecular complexity index is 8.00. The Kier molecular flexibility index (Phi) is 177. The molecule has 0 atom stereocenters. The largest absolute Gasteiger partial charge is 6.00 e. The van der Waals surface area contributed by atoms with Crippen LogP contribution in [0.4, 0.5) is 0 Å². The third-order valence-corrected chi connectivity index (χ3v) is 0. The first-order valence-corrected chi connectivity index (χ1v) is 0. The number of hydrogen-bond donors (Lipinski definition) is 0. The minimum Gasteiger partial charge on any atom is -6.00 e. The monoisotopic (exact) mass is 200 g/mol. The second-order valence-corrected chi connectivity index (χ2v) is 0. The molecule has 0 N–H and O–H groups in total. The van der Waals surface area contributed by atoms with Gasteiger partial charge >= 0.3 is 51.2 Å². The molecule has 0 nitrogen and oxygen atoms in total. The molecule has 0 fully saturated rings. The van der Waals surface area contributed by atoms with Gasteiger partial charge in [-0.2, -0.15) is 0 Å². The van der Waals surface area contributed by atoms with Gasteiger partial charge in [-0.05, 0) is 0 Å². The van der Waals surface area contributed by atoms with Crippen LogP contribution in [0.3, 0.4) is 0 Å². The summed E-state index contributed by atoms with van der Waals surface area (Å²) in [6, 6.07) is 0. The predicted molar refractivity (Wildman–Crippen MR) is 5.75 cm³/mol. The van der Waals surface area contributed by atoms with Crippen molar-refractivity contribution in [2.45, 2.75) is 0 Å². The van der Waals surface area contributed by atoms with Gasteiger partial charge < -0.3 is 17.1 Å². The third-order valence-electron chi connectivity index (χ3n) is 0. The molecule has 0 amide bonds. The van der Waals surface area contributed by atoms with Crippen molar-refractivity contribution >= 4 is 17.4 Å². The zero-order valence-electron chi connectivity index (χ0n) is 1.60. The van der Waals surface area contributed by atoms with Gasteiger partial charge in [-0.25, -0.2) is 0 Å². The second kappa shape index (κ2) is 19.6. The molecule has 0 aliphatic heterocycles. The van der Waals surface area contributed by atoms with E-state index in [0.29, 0.717) is 0 Å². The topological polar surface area (TPSA) is 0 Å². The first kappa shape index (κ1) is 36.3. The Morgan fingerprint density at radius 3 is 1.00 bits per heavy atom. The molecule has 0 aromatic heterocycles. The van der Waals surface area contributed by atoms with E-state index in [1.54, 1.807) is 0 Å². The Hall–Kier alpha value is 2.08. The van der Waals surface area contributed by atoms with Gasteiger partial charge in [0.25, 0.3) is 0 Å². The average Bonchev–Trinajstić information content (AvgIpc) is 0. The summed E-state index contributed by atoms with van der Waals surface area (Å²) >= 11 is 0. The summed E-state index contributed by atoms with van der Waals surface area (Å²) in [6.07, 6.45) is 0. The Morgan fingerprint density at radius 1 is 1.00 bits per heavy atom. The molecule has 4 heteroatoms. The zero-order valence-corrected chi connectivity index (χ0v) is 5.96. The van der Waals surface area contributed by atoms with E-state index in [-0.39, 0.29) is 68.3 Å². The SMILES string of the molecule is [Al+3].[Cr+3].[Cu-6].[Ni+2]. The summed E-state index contributed by atoms with van der Waals surface area (Å²) in [4.78, 5) is 0. The van der Waals surface area contributed by atoms with Gasteiger partial charge in [0.15, 0.2) is 0 Å². The maximum absolute atomic E-state index is 0. The molecular formula is AlCrCuNi+2. The van der Waals surface area contributed by atoms with E-state index < -0.39 is 0 Å². The molecule has 0 aliphatic carbocycles. The van der Waals surface area contributed by atoms with Crippen molar-refractivity contribution in [2.24, 2.45) is 0 Å². The molecule has 0 aromatic rings. The molecule has 0 spiro atoms. The van der Waals surface area contributed by atoms with Crippen LogP contribution in [0.1, 0.15) is 0 Å². The van der Waals surface area contributed by atoms with Crippen LogP contribution in [0.25, 0.3) is 0 Å². The summed E-state index contributed by atoms with van der Waals surface area (Å²) in [5.74, 6) is 0. The summed E-state index contributed by atoms with van der Waals surface area (Å²) < 4.78 is 0. The molecule has 0 bridgehead atoms. The smallest absolute Gasteiger partial charge is 3.00 e. The standard InChI is InChI=1S/Al.Cr.Cu.Ni/q2*+3;-6;+2. The summed E-state index contributed by atoms with van der Waals surface area (Å²) in [7, 11) is 0. The predicted octanol–water partition coefficient (Wildman–Crippen LogP) is -0.388. The van der Waals surface area contributed by atoms with Gasteiger partial charge in [0, 0.05) is 0 Å². The van der Waals surface area contributed by atoms with E-state index in [0.717, 1.165) is 0 Å². The fourth-order valence-corrected chi connectivity index (χ4v) is 0. The molecule has 0 saturated heterocycles. The first-order valence-electron chi connectivity index (χ1n) is 0. The fraction of sp³-hybridized carbons (Fsp3) is 0. The molecule has 0 aromatic carbocycles. The molecule has 0 unspecified atom stereocenters. The summed E-state index contributed by atoms with van der Waals surface area (Å²) in [6.45, 7) is 0. The van der Waals surface area contributed by atoms with E-state index in [4.69, 9.17) is 0 Å². The van der Waals surface area contributed by atoms with Crippen LogP contribution in [0.15, 0.2) is 0 Å². The van der Waals surface area contributed by atoms with E-state index in [2.05, 4.69) is 0 Å². The fourth-order valence-electron chi connectivity index (χ4n) is 0. The minimum atomic E-state index is 0. The van der Waals surface area contributed by atoms with Gasteiger partial charge in [0.1, 0.15) is 0 Å². The van der Waals surface area contributed by atoms with Crippen molar-refractivity contribution in [1.29, 1.82) is 0 Å². The van der Waals surface area contributed by atoms with Gasteiger partial charge in [-0.3, -0.25) is 0 Å². The van der Waals surface area contributed by atoms with Crippen molar-refractivity contribution in [3.63, 3.8) is 0 Å². The Morgan fingerprint density at radius 2 is 1.00 bits per heavy atom. The Balaban J connectivity index is 0. The van der Waals surface area contributed by atoms with E-state index in [1.807, 2.05) is 0 Å². The molecule has 0 aliphatic rings. The molecule has 0 saturated carbocycles. The molecule has 2 radical (unpaired) electrons. The van der Waals surface area contributed by atoms with Crippen LogP contribution in [0, 0.1) is 0 Å². The molecule has 4 heavy (non-hydrogen) atoms. The normalized spacial score (nSPS) is 0. The maximum atomic E-state index is 0. The van der Waals surface area contributed by atoms with Gasteiger partial charge in [-0.1, -0.05) is 0 Å². The van der Waals surface area contributed by atoms with Crippen molar-refractivity contribution in [3.05, 3.63) is 0 Å². The molecule has 0 rings (SSSR count). The van der Waals surface area contributed by atoms with Crippen LogP contribution in [0.2, 0.25) is 0 Å². The van der Waals surface area contributed by atoms with Crippen molar-refractivity contribution in [2.75, 3.05) is 0 Å². The van der Waals surface area contributed by atoms with E-state index >= 15 is 0 Å². The van der Waals surface area contributed by atoms with E-state index in [1.165, 1.54) is 0 Å². The maximum Gasteiger partial charge on any atom is 3.00 e. The Labute approximate surface area is 67.8 Å². The minimum absolute atomic E-state index is 0. The molecule has 0 heterocycles. The third kappa shape index (κ3) is 8.95. The van der Waals surface area contributed by atoms with Gasteiger partial charge in [0.05, 0.1) is 0 Å². The van der Waals surface area contributed by atoms with Gasteiger partial charge in [0.2, 0.25) is 0 Å². The first-order chi connectivity index (χ1) is 0. The van der Waals surface area contributed by atoms with Crippen LogP contribution in [-0.4, -0.2) is 17.4 Å². The molecule has 28 valence electrons. The van der Waals surface area contributed by atoms with Crippen LogP contribution < -0.4 is 0 Å². The zero-order chi connectivity index (χ0) is 0.